The van der Waals surface area contributed by atoms with Gasteiger partial charge >= 0.3 is 0 Å². The topological polar surface area (TPSA) is 75.4 Å². The number of halogens is 1. The Labute approximate surface area is 147 Å². The van der Waals surface area contributed by atoms with Gasteiger partial charge in [-0.2, -0.15) is 0 Å². The highest BCUT2D eigenvalue weighted by Gasteiger charge is 2.25. The molecule has 1 saturated heterocycles. The second-order valence-corrected chi connectivity index (χ2v) is 7.04. The summed E-state index contributed by atoms with van der Waals surface area (Å²) < 4.78 is 0. The van der Waals surface area contributed by atoms with E-state index >= 15 is 0 Å². The Bertz CT molecular complexity index is 531. The normalized spacial score (nSPS) is 16.4. The van der Waals surface area contributed by atoms with Crippen LogP contribution in [0.5, 0.6) is 0 Å². The zero-order chi connectivity index (χ0) is 16.1. The van der Waals surface area contributed by atoms with Crippen molar-refractivity contribution in [1.82, 2.24) is 4.90 Å². The van der Waals surface area contributed by atoms with Crippen molar-refractivity contribution in [3.8, 4) is 0 Å². The number of carbonyl (C=O) groups excluding carboxylic acids is 2. The fraction of sp³-hybridized carbons (Fsp3) is 0.500. The zero-order valence-corrected chi connectivity index (χ0v) is 15.1. The van der Waals surface area contributed by atoms with Gasteiger partial charge in [-0.1, -0.05) is 0 Å². The number of hydrogen-bond donors (Lipinski definition) is 2. The van der Waals surface area contributed by atoms with Crippen LogP contribution in [0, 0.1) is 0 Å². The summed E-state index contributed by atoms with van der Waals surface area (Å²) in [4.78, 5) is 26.3. The first-order valence-corrected chi connectivity index (χ1v) is 8.42. The van der Waals surface area contributed by atoms with E-state index in [0.717, 1.165) is 36.5 Å². The highest BCUT2D eigenvalue weighted by Crippen LogP contribution is 2.26. The molecule has 0 saturated carbocycles. The van der Waals surface area contributed by atoms with Crippen LogP contribution in [0.15, 0.2) is 29.2 Å². The summed E-state index contributed by atoms with van der Waals surface area (Å²) in [5.74, 6) is 0.0788. The lowest BCUT2D eigenvalue weighted by Gasteiger charge is -2.31. The van der Waals surface area contributed by atoms with Crippen LogP contribution in [0.2, 0.25) is 0 Å². The van der Waals surface area contributed by atoms with Gasteiger partial charge in [0.05, 0.1) is 5.25 Å². The molecule has 3 N–H and O–H groups in total. The fourth-order valence-corrected chi connectivity index (χ4v) is 3.40. The highest BCUT2D eigenvalue weighted by molar-refractivity contribution is 8.00. The Hall–Kier alpha value is -1.24. The van der Waals surface area contributed by atoms with Crippen LogP contribution in [0.4, 0.5) is 5.69 Å². The molecule has 1 aromatic carbocycles. The average Bonchev–Trinajstić information content (AvgIpc) is 2.49. The molecule has 1 atom stereocenters. The van der Waals surface area contributed by atoms with Gasteiger partial charge in [-0.05, 0) is 44.0 Å². The predicted octanol–water partition coefficient (Wildman–Crippen LogP) is 2.50. The van der Waals surface area contributed by atoms with E-state index in [1.807, 2.05) is 36.1 Å². The first-order valence-electron chi connectivity index (χ1n) is 7.54. The second kappa shape index (κ2) is 9.15. The Morgan fingerprint density at radius 3 is 2.35 bits per heavy atom. The number of piperidine rings is 1. The van der Waals surface area contributed by atoms with E-state index in [1.165, 1.54) is 18.7 Å². The Kier molecular flexibility index (Phi) is 7.88. The van der Waals surface area contributed by atoms with Crippen molar-refractivity contribution in [2.45, 2.75) is 42.9 Å². The van der Waals surface area contributed by atoms with Crippen molar-refractivity contribution in [2.24, 2.45) is 5.73 Å². The number of benzene rings is 1. The summed E-state index contributed by atoms with van der Waals surface area (Å²) >= 11 is 1.54. The van der Waals surface area contributed by atoms with E-state index < -0.39 is 0 Å². The lowest BCUT2D eigenvalue weighted by molar-refractivity contribution is -0.131. The third-order valence-corrected chi connectivity index (χ3v) is 4.79. The molecule has 2 amide bonds. The van der Waals surface area contributed by atoms with Crippen LogP contribution in [0.1, 0.15) is 26.7 Å². The number of nitrogens with zero attached hydrogens (tertiary/aromatic N) is 1. The number of likely N-dealkylation sites (tertiary alicyclic amines) is 1. The molecule has 0 bridgehead atoms. The van der Waals surface area contributed by atoms with E-state index in [2.05, 4.69) is 5.32 Å². The van der Waals surface area contributed by atoms with Crippen LogP contribution in [-0.4, -0.2) is 41.1 Å². The molecule has 0 aromatic heterocycles. The minimum atomic E-state index is -0.124. The lowest BCUT2D eigenvalue weighted by atomic mass is 10.1. The molecule has 23 heavy (non-hydrogen) atoms. The minimum Gasteiger partial charge on any atom is -0.342 e. The number of carbonyl (C=O) groups is 2. The van der Waals surface area contributed by atoms with Crippen molar-refractivity contribution < 1.29 is 9.59 Å². The number of rotatable bonds is 4. The van der Waals surface area contributed by atoms with Gasteiger partial charge in [0.15, 0.2) is 0 Å². The summed E-state index contributed by atoms with van der Waals surface area (Å²) in [5.41, 5.74) is 6.64. The van der Waals surface area contributed by atoms with Crippen molar-refractivity contribution >= 4 is 41.7 Å². The maximum atomic E-state index is 12.4. The standard InChI is InChI=1S/C16H23N3O2S.ClH/c1-11(16(21)19-9-7-13(17)8-10-19)22-15-5-3-14(4-6-15)18-12(2)20;/h3-6,11,13H,7-10,17H2,1-2H3,(H,18,20);1H. The molecule has 2 rings (SSSR count). The Morgan fingerprint density at radius 2 is 1.83 bits per heavy atom. The summed E-state index contributed by atoms with van der Waals surface area (Å²) in [6, 6.07) is 7.77. The van der Waals surface area contributed by atoms with Crippen LogP contribution in [0.25, 0.3) is 0 Å². The van der Waals surface area contributed by atoms with Gasteiger partial charge in [0.1, 0.15) is 0 Å². The van der Waals surface area contributed by atoms with Crippen molar-refractivity contribution in [3.63, 3.8) is 0 Å². The van der Waals surface area contributed by atoms with E-state index in [0.29, 0.717) is 0 Å². The summed E-state index contributed by atoms with van der Waals surface area (Å²) in [6.07, 6.45) is 1.77. The van der Waals surface area contributed by atoms with Gasteiger partial charge in [0, 0.05) is 36.6 Å². The van der Waals surface area contributed by atoms with Gasteiger partial charge in [0.2, 0.25) is 11.8 Å². The van der Waals surface area contributed by atoms with Gasteiger partial charge < -0.3 is 16.0 Å². The fourth-order valence-electron chi connectivity index (χ4n) is 2.45. The van der Waals surface area contributed by atoms with Gasteiger partial charge in [-0.15, -0.1) is 24.2 Å². The molecule has 1 aliphatic rings. The van der Waals surface area contributed by atoms with E-state index in [-0.39, 0.29) is 35.5 Å². The summed E-state index contributed by atoms with van der Waals surface area (Å²) in [6.45, 7) is 4.93. The number of hydrogen-bond acceptors (Lipinski definition) is 4. The number of amides is 2. The third-order valence-electron chi connectivity index (χ3n) is 3.69. The average molecular weight is 358 g/mol. The van der Waals surface area contributed by atoms with Crippen LogP contribution < -0.4 is 11.1 Å². The molecular weight excluding hydrogens is 334 g/mol. The van der Waals surface area contributed by atoms with Gasteiger partial charge in [-0.25, -0.2) is 0 Å². The molecular formula is C16H24ClN3O2S. The molecule has 5 nitrogen and oxygen atoms in total. The summed E-state index contributed by atoms with van der Waals surface area (Å²) in [5, 5.41) is 2.60. The van der Waals surface area contributed by atoms with Gasteiger partial charge in [0.25, 0.3) is 0 Å². The molecule has 1 fully saturated rings. The number of thioether (sulfide) groups is 1. The maximum absolute atomic E-state index is 12.4. The molecule has 128 valence electrons. The summed E-state index contributed by atoms with van der Waals surface area (Å²) in [7, 11) is 0. The molecule has 0 spiro atoms. The largest absolute Gasteiger partial charge is 0.342 e. The lowest BCUT2D eigenvalue weighted by Crippen LogP contribution is -2.45. The van der Waals surface area contributed by atoms with Crippen LogP contribution in [-0.2, 0) is 9.59 Å². The molecule has 1 unspecified atom stereocenters. The Balaban J connectivity index is 0.00000264. The number of nitrogens with one attached hydrogen (secondary N) is 1. The van der Waals surface area contributed by atoms with Gasteiger partial charge in [-0.3, -0.25) is 9.59 Å². The van der Waals surface area contributed by atoms with Crippen LogP contribution in [0.3, 0.4) is 0 Å². The van der Waals surface area contributed by atoms with E-state index in [9.17, 15) is 9.59 Å². The SMILES string of the molecule is CC(=O)Nc1ccc(SC(C)C(=O)N2CCC(N)CC2)cc1.Cl. The van der Waals surface area contributed by atoms with E-state index in [4.69, 9.17) is 5.73 Å². The zero-order valence-electron chi connectivity index (χ0n) is 13.5. The predicted molar refractivity (Wildman–Crippen MR) is 97.1 cm³/mol. The smallest absolute Gasteiger partial charge is 0.235 e. The first-order chi connectivity index (χ1) is 10.5. The number of nitrogens with two attached hydrogens (primary N) is 1. The Morgan fingerprint density at radius 1 is 1.26 bits per heavy atom. The molecule has 1 aromatic rings. The molecule has 0 radical (unpaired) electrons. The van der Waals surface area contributed by atoms with Crippen LogP contribution >= 0.6 is 24.2 Å². The third kappa shape index (κ3) is 6.05. The molecule has 0 aliphatic carbocycles. The molecule has 1 aliphatic heterocycles. The quantitative estimate of drug-likeness (QED) is 0.812. The highest BCUT2D eigenvalue weighted by atomic mass is 35.5. The molecule has 7 heteroatoms. The number of anilines is 1. The van der Waals surface area contributed by atoms with E-state index in [1.54, 1.807) is 0 Å². The minimum absolute atomic E-state index is 0. The monoisotopic (exact) mass is 357 g/mol. The molecule has 1 heterocycles. The van der Waals surface area contributed by atoms with Crippen molar-refractivity contribution in [3.05, 3.63) is 24.3 Å². The second-order valence-electron chi connectivity index (χ2n) is 5.63. The van der Waals surface area contributed by atoms with Crippen molar-refractivity contribution in [2.75, 3.05) is 18.4 Å². The first kappa shape index (κ1) is 19.8. The maximum Gasteiger partial charge on any atom is 0.235 e. The van der Waals surface area contributed by atoms with Crippen molar-refractivity contribution in [1.29, 1.82) is 0 Å².